The Bertz CT molecular complexity index is 382. The van der Waals surface area contributed by atoms with Crippen molar-refractivity contribution in [1.29, 1.82) is 0 Å². The van der Waals surface area contributed by atoms with E-state index in [0.29, 0.717) is 18.1 Å². The van der Waals surface area contributed by atoms with Crippen molar-refractivity contribution in [1.82, 2.24) is 5.48 Å². The Labute approximate surface area is 117 Å². The van der Waals surface area contributed by atoms with Gasteiger partial charge in [0.15, 0.2) is 0 Å². The zero-order chi connectivity index (χ0) is 12.1. The molecule has 1 aromatic rings. The molecular weight excluding hydrogens is 385 g/mol. The van der Waals surface area contributed by atoms with Gasteiger partial charge in [-0.3, -0.25) is 9.63 Å². The van der Waals surface area contributed by atoms with E-state index in [4.69, 9.17) is 4.84 Å². The molecule has 0 saturated heterocycles. The molecule has 1 N–H and O–H groups in total. The third-order valence-corrected chi connectivity index (χ3v) is 3.19. The summed E-state index contributed by atoms with van der Waals surface area (Å²) in [6.07, 6.45) is 0. The highest BCUT2D eigenvalue weighted by Gasteiger charge is 2.10. The molecule has 0 aromatic heterocycles. The van der Waals surface area contributed by atoms with Crippen LogP contribution in [0.25, 0.3) is 0 Å². The summed E-state index contributed by atoms with van der Waals surface area (Å²) in [4.78, 5) is 16.8. The normalized spacial score (nSPS) is 10.6. The van der Waals surface area contributed by atoms with Gasteiger partial charge in [-0.1, -0.05) is 29.8 Å². The summed E-state index contributed by atoms with van der Waals surface area (Å²) in [6, 6.07) is 5.55. The van der Waals surface area contributed by atoms with Crippen LogP contribution in [0.5, 0.6) is 0 Å². The first kappa shape index (κ1) is 13.9. The van der Waals surface area contributed by atoms with Crippen molar-refractivity contribution in [3.8, 4) is 0 Å². The van der Waals surface area contributed by atoms with Crippen LogP contribution in [0.2, 0.25) is 0 Å². The van der Waals surface area contributed by atoms with Gasteiger partial charge in [-0.15, -0.1) is 0 Å². The molecule has 0 fully saturated rings. The predicted molar refractivity (Wildman–Crippen MR) is 75.1 cm³/mol. The van der Waals surface area contributed by atoms with Crippen LogP contribution in [0.3, 0.4) is 0 Å². The van der Waals surface area contributed by atoms with Gasteiger partial charge in [0, 0.05) is 8.04 Å². The molecule has 0 aliphatic heterocycles. The second kappa shape index (κ2) is 6.56. The van der Waals surface area contributed by atoms with Crippen LogP contribution in [-0.4, -0.2) is 12.5 Å². The molecule has 0 saturated carbocycles. The minimum Gasteiger partial charge on any atom is -0.273 e. The van der Waals surface area contributed by atoms with Gasteiger partial charge in [0.05, 0.1) is 12.2 Å². The molecule has 0 aliphatic carbocycles. The maximum atomic E-state index is 11.7. The second-order valence-electron chi connectivity index (χ2n) is 3.76. The van der Waals surface area contributed by atoms with E-state index in [2.05, 4.69) is 44.0 Å². The van der Waals surface area contributed by atoms with E-state index in [1.807, 2.05) is 26.0 Å². The van der Waals surface area contributed by atoms with Crippen LogP contribution in [0, 0.1) is 9.49 Å². The van der Waals surface area contributed by atoms with Crippen LogP contribution in [0.4, 0.5) is 0 Å². The number of nitrogens with one attached hydrogen (secondary N) is 1. The van der Waals surface area contributed by atoms with Gasteiger partial charge < -0.3 is 0 Å². The molecule has 0 spiro atoms. The fourth-order valence-corrected chi connectivity index (χ4v) is 1.94. The Kier molecular flexibility index (Phi) is 5.71. The Balaban J connectivity index is 2.62. The smallest absolute Gasteiger partial charge is 0.273 e. The summed E-state index contributed by atoms with van der Waals surface area (Å²) in [5.74, 6) is 0.174. The molecule has 1 aromatic carbocycles. The lowest BCUT2D eigenvalue weighted by molar-refractivity contribution is 0.0208. The Hall–Kier alpha value is -0.140. The highest BCUT2D eigenvalue weighted by atomic mass is 127. The van der Waals surface area contributed by atoms with E-state index in [-0.39, 0.29) is 5.91 Å². The average Bonchev–Trinajstić information content (AvgIpc) is 2.21. The van der Waals surface area contributed by atoms with E-state index in [9.17, 15) is 4.79 Å². The lowest BCUT2D eigenvalue weighted by atomic mass is 10.2. The molecule has 0 atom stereocenters. The van der Waals surface area contributed by atoms with E-state index >= 15 is 0 Å². The van der Waals surface area contributed by atoms with E-state index < -0.39 is 0 Å². The predicted octanol–water partition coefficient (Wildman–Crippen LogP) is 3.37. The van der Waals surface area contributed by atoms with Crippen molar-refractivity contribution in [2.45, 2.75) is 13.8 Å². The lowest BCUT2D eigenvalue weighted by Crippen LogP contribution is -2.26. The second-order valence-corrected chi connectivity index (χ2v) is 5.84. The number of hydrogen-bond donors (Lipinski definition) is 1. The largest absolute Gasteiger partial charge is 0.275 e. The Morgan fingerprint density at radius 1 is 1.56 bits per heavy atom. The summed E-state index contributed by atoms with van der Waals surface area (Å²) in [5.41, 5.74) is 3.04. The molecule has 88 valence electrons. The zero-order valence-corrected chi connectivity index (χ0v) is 12.8. The number of amides is 1. The van der Waals surface area contributed by atoms with Crippen LogP contribution in [0.1, 0.15) is 24.2 Å². The standard InChI is InChI=1S/C11H13BrINO2/c1-7(2)6-16-14-11(15)9-5-8(12)3-4-10(9)13/h3-5,7H,6H2,1-2H3,(H,14,15). The molecule has 0 aliphatic rings. The molecule has 3 nitrogen and oxygen atoms in total. The van der Waals surface area contributed by atoms with Crippen LogP contribution >= 0.6 is 38.5 Å². The van der Waals surface area contributed by atoms with Gasteiger partial charge in [0.1, 0.15) is 0 Å². The number of halogens is 2. The molecule has 5 heteroatoms. The molecule has 1 rings (SSSR count). The molecule has 1 amide bonds. The number of hydrogen-bond acceptors (Lipinski definition) is 2. The summed E-state index contributed by atoms with van der Waals surface area (Å²) >= 11 is 5.45. The van der Waals surface area contributed by atoms with Crippen molar-refractivity contribution >= 4 is 44.4 Å². The van der Waals surface area contributed by atoms with Crippen molar-refractivity contribution in [3.05, 3.63) is 31.8 Å². The number of hydroxylamine groups is 1. The SMILES string of the molecule is CC(C)CONC(=O)c1cc(Br)ccc1I. The van der Waals surface area contributed by atoms with Crippen LogP contribution < -0.4 is 5.48 Å². The van der Waals surface area contributed by atoms with Gasteiger partial charge in [0.25, 0.3) is 5.91 Å². The minimum atomic E-state index is -0.216. The molecule has 0 heterocycles. The molecule has 0 radical (unpaired) electrons. The topological polar surface area (TPSA) is 38.3 Å². The lowest BCUT2D eigenvalue weighted by Gasteiger charge is -2.09. The van der Waals surface area contributed by atoms with Crippen molar-refractivity contribution < 1.29 is 9.63 Å². The highest BCUT2D eigenvalue weighted by molar-refractivity contribution is 14.1. The van der Waals surface area contributed by atoms with Gasteiger partial charge in [-0.2, -0.15) is 0 Å². The summed E-state index contributed by atoms with van der Waals surface area (Å²) < 4.78 is 1.77. The number of carbonyl (C=O) groups is 1. The van der Waals surface area contributed by atoms with Gasteiger partial charge in [-0.25, -0.2) is 5.48 Å². The van der Waals surface area contributed by atoms with Crippen LogP contribution in [0.15, 0.2) is 22.7 Å². The summed E-state index contributed by atoms with van der Waals surface area (Å²) in [6.45, 7) is 4.56. The van der Waals surface area contributed by atoms with Crippen molar-refractivity contribution in [3.63, 3.8) is 0 Å². The average molecular weight is 398 g/mol. The molecule has 0 unspecified atom stereocenters. The number of carbonyl (C=O) groups excluding carboxylic acids is 1. The molecule has 0 bridgehead atoms. The third-order valence-electron chi connectivity index (χ3n) is 1.75. The molecule has 16 heavy (non-hydrogen) atoms. The maximum absolute atomic E-state index is 11.7. The number of rotatable bonds is 4. The van der Waals surface area contributed by atoms with Gasteiger partial charge >= 0.3 is 0 Å². The van der Waals surface area contributed by atoms with Crippen molar-refractivity contribution in [2.24, 2.45) is 5.92 Å². The number of benzene rings is 1. The third kappa shape index (κ3) is 4.39. The maximum Gasteiger partial charge on any atom is 0.275 e. The highest BCUT2D eigenvalue weighted by Crippen LogP contribution is 2.18. The van der Waals surface area contributed by atoms with Crippen LogP contribution in [-0.2, 0) is 4.84 Å². The molecular formula is C11H13BrINO2. The van der Waals surface area contributed by atoms with E-state index in [0.717, 1.165) is 8.04 Å². The Morgan fingerprint density at radius 3 is 2.88 bits per heavy atom. The first-order chi connectivity index (χ1) is 7.50. The fraction of sp³-hybridized carbons (Fsp3) is 0.364. The van der Waals surface area contributed by atoms with Gasteiger partial charge in [-0.05, 0) is 46.7 Å². The first-order valence-electron chi connectivity index (χ1n) is 4.88. The summed E-state index contributed by atoms with van der Waals surface area (Å²) in [7, 11) is 0. The monoisotopic (exact) mass is 397 g/mol. The Morgan fingerprint density at radius 2 is 2.25 bits per heavy atom. The van der Waals surface area contributed by atoms with E-state index in [1.165, 1.54) is 0 Å². The fourth-order valence-electron chi connectivity index (χ4n) is 1.00. The zero-order valence-electron chi connectivity index (χ0n) is 9.09. The first-order valence-corrected chi connectivity index (χ1v) is 6.75. The van der Waals surface area contributed by atoms with Crippen molar-refractivity contribution in [2.75, 3.05) is 6.61 Å². The van der Waals surface area contributed by atoms with E-state index in [1.54, 1.807) is 6.07 Å². The minimum absolute atomic E-state index is 0.216. The quantitative estimate of drug-likeness (QED) is 0.624. The van der Waals surface area contributed by atoms with Gasteiger partial charge in [0.2, 0.25) is 0 Å². The summed E-state index contributed by atoms with van der Waals surface area (Å²) in [5, 5.41) is 0.